The van der Waals surface area contributed by atoms with Gasteiger partial charge in [0.05, 0.1) is 0 Å². The van der Waals surface area contributed by atoms with Crippen LogP contribution in [0.5, 0.6) is 11.5 Å². The van der Waals surface area contributed by atoms with E-state index in [1.54, 1.807) is 17.9 Å². The van der Waals surface area contributed by atoms with Crippen LogP contribution < -0.4 is 14.8 Å². The van der Waals surface area contributed by atoms with Crippen molar-refractivity contribution in [1.29, 1.82) is 0 Å². The topological polar surface area (TPSA) is 67.9 Å². The summed E-state index contributed by atoms with van der Waals surface area (Å²) in [6.45, 7) is 5.72. The first-order valence-corrected chi connectivity index (χ1v) is 11.1. The number of hydrogen-bond acceptors (Lipinski definition) is 4. The summed E-state index contributed by atoms with van der Waals surface area (Å²) in [6.07, 6.45) is 1.67. The number of rotatable bonds is 9. The first kappa shape index (κ1) is 22.9. The molecule has 0 unspecified atom stereocenters. The molecule has 6 nitrogen and oxygen atoms in total. The van der Waals surface area contributed by atoms with Crippen LogP contribution in [0.4, 0.5) is 0 Å². The number of fused-ring (bicyclic) bond motifs is 1. The van der Waals surface area contributed by atoms with Gasteiger partial charge in [0, 0.05) is 24.5 Å². The Bertz CT molecular complexity index is 918. The minimum absolute atomic E-state index is 0.0889. The van der Waals surface area contributed by atoms with Crippen LogP contribution in [0.2, 0.25) is 5.02 Å². The Balaban J connectivity index is 1.70. The highest BCUT2D eigenvalue weighted by Gasteiger charge is 2.26. The average Bonchev–Trinajstić information content (AvgIpc) is 2.78. The van der Waals surface area contributed by atoms with Gasteiger partial charge in [-0.05, 0) is 55.2 Å². The molecule has 1 N–H and O–H groups in total. The van der Waals surface area contributed by atoms with E-state index in [1.807, 2.05) is 43.3 Å². The number of benzene rings is 2. The molecule has 0 bridgehead atoms. The van der Waals surface area contributed by atoms with Crippen molar-refractivity contribution >= 4 is 23.4 Å². The highest BCUT2D eigenvalue weighted by molar-refractivity contribution is 6.30. The lowest BCUT2D eigenvalue weighted by atomic mass is 10.1. The molecule has 1 atom stereocenters. The van der Waals surface area contributed by atoms with Crippen LogP contribution >= 0.6 is 11.6 Å². The smallest absolute Gasteiger partial charge is 0.242 e. The molecule has 7 heteroatoms. The summed E-state index contributed by atoms with van der Waals surface area (Å²) in [4.78, 5) is 27.4. The summed E-state index contributed by atoms with van der Waals surface area (Å²) >= 11 is 6.11. The first-order valence-electron chi connectivity index (χ1n) is 10.7. The molecule has 1 heterocycles. The van der Waals surface area contributed by atoms with Crippen LogP contribution in [0.1, 0.15) is 37.8 Å². The molecule has 0 aliphatic carbocycles. The predicted octanol–water partition coefficient (Wildman–Crippen LogP) is 3.99. The van der Waals surface area contributed by atoms with Gasteiger partial charge >= 0.3 is 0 Å². The fraction of sp³-hybridized carbons (Fsp3) is 0.417. The third-order valence-electron chi connectivity index (χ3n) is 5.19. The van der Waals surface area contributed by atoms with Gasteiger partial charge < -0.3 is 19.7 Å². The third kappa shape index (κ3) is 6.37. The SMILES string of the molecule is CCCNC(=O)[C@H](C)N(Cc1cccc(Cl)c1)C(=O)CCc1ccc2c(c1)OCCO2. The molecule has 1 aliphatic heterocycles. The van der Waals surface area contributed by atoms with Crippen molar-refractivity contribution < 1.29 is 19.1 Å². The number of hydrogen-bond donors (Lipinski definition) is 1. The van der Waals surface area contributed by atoms with Gasteiger partial charge in [-0.25, -0.2) is 0 Å². The summed E-state index contributed by atoms with van der Waals surface area (Å²) in [5, 5.41) is 3.48. The van der Waals surface area contributed by atoms with Crippen molar-refractivity contribution in [3.05, 3.63) is 58.6 Å². The number of nitrogens with one attached hydrogen (secondary N) is 1. The quantitative estimate of drug-likeness (QED) is 0.635. The Kier molecular flexibility index (Phi) is 8.18. The zero-order chi connectivity index (χ0) is 22.2. The average molecular weight is 445 g/mol. The first-order chi connectivity index (χ1) is 15.0. The highest BCUT2D eigenvalue weighted by Crippen LogP contribution is 2.31. The number of carbonyl (C=O) groups excluding carboxylic acids is 2. The normalized spacial score (nSPS) is 13.4. The molecule has 2 aromatic rings. The molecular formula is C24H29ClN2O4. The minimum Gasteiger partial charge on any atom is -0.486 e. The second-order valence-corrected chi connectivity index (χ2v) is 8.03. The summed E-state index contributed by atoms with van der Waals surface area (Å²) in [5.74, 6) is 1.19. The van der Waals surface area contributed by atoms with Crippen LogP contribution in [-0.2, 0) is 22.6 Å². The summed E-state index contributed by atoms with van der Waals surface area (Å²) in [6, 6.07) is 12.5. The van der Waals surface area contributed by atoms with Gasteiger partial charge in [0.2, 0.25) is 11.8 Å². The number of amides is 2. The minimum atomic E-state index is -0.585. The third-order valence-corrected chi connectivity index (χ3v) is 5.43. The molecule has 1 aliphatic rings. The maximum absolute atomic E-state index is 13.2. The van der Waals surface area contributed by atoms with E-state index in [0.717, 1.165) is 23.3 Å². The van der Waals surface area contributed by atoms with Gasteiger partial charge in [0.15, 0.2) is 11.5 Å². The van der Waals surface area contributed by atoms with Crippen LogP contribution in [0.15, 0.2) is 42.5 Å². The van der Waals surface area contributed by atoms with Crippen LogP contribution in [-0.4, -0.2) is 42.5 Å². The summed E-state index contributed by atoms with van der Waals surface area (Å²) < 4.78 is 11.2. The van der Waals surface area contributed by atoms with E-state index in [-0.39, 0.29) is 18.2 Å². The number of ether oxygens (including phenoxy) is 2. The Labute approximate surface area is 188 Å². The van der Waals surface area contributed by atoms with E-state index in [1.165, 1.54) is 0 Å². The molecular weight excluding hydrogens is 416 g/mol. The lowest BCUT2D eigenvalue weighted by molar-refractivity contribution is -0.140. The van der Waals surface area contributed by atoms with Crippen molar-refractivity contribution in [2.24, 2.45) is 0 Å². The van der Waals surface area contributed by atoms with Crippen LogP contribution in [0.3, 0.4) is 0 Å². The van der Waals surface area contributed by atoms with Crippen LogP contribution in [0.25, 0.3) is 0 Å². The summed E-state index contributed by atoms with van der Waals surface area (Å²) in [7, 11) is 0. The second-order valence-electron chi connectivity index (χ2n) is 7.60. The van der Waals surface area contributed by atoms with Crippen molar-refractivity contribution in [2.75, 3.05) is 19.8 Å². The highest BCUT2D eigenvalue weighted by atomic mass is 35.5. The predicted molar refractivity (Wildman–Crippen MR) is 121 cm³/mol. The Morgan fingerprint density at radius 2 is 1.87 bits per heavy atom. The van der Waals surface area contributed by atoms with E-state index in [0.29, 0.717) is 43.5 Å². The van der Waals surface area contributed by atoms with Gasteiger partial charge in [-0.1, -0.05) is 36.7 Å². The molecule has 0 fully saturated rings. The molecule has 166 valence electrons. The molecule has 0 saturated heterocycles. The monoisotopic (exact) mass is 444 g/mol. The lowest BCUT2D eigenvalue weighted by Crippen LogP contribution is -2.47. The Morgan fingerprint density at radius 1 is 1.10 bits per heavy atom. The molecule has 3 rings (SSSR count). The zero-order valence-corrected chi connectivity index (χ0v) is 18.8. The van der Waals surface area contributed by atoms with E-state index < -0.39 is 6.04 Å². The molecule has 2 amide bonds. The lowest BCUT2D eigenvalue weighted by Gasteiger charge is -2.29. The fourth-order valence-corrected chi connectivity index (χ4v) is 3.66. The van der Waals surface area contributed by atoms with Gasteiger partial charge in [-0.3, -0.25) is 9.59 Å². The maximum atomic E-state index is 13.2. The number of halogens is 1. The fourth-order valence-electron chi connectivity index (χ4n) is 3.45. The largest absolute Gasteiger partial charge is 0.486 e. The molecule has 0 radical (unpaired) electrons. The van der Waals surface area contributed by atoms with Gasteiger partial charge in [0.1, 0.15) is 19.3 Å². The van der Waals surface area contributed by atoms with E-state index in [9.17, 15) is 9.59 Å². The van der Waals surface area contributed by atoms with Gasteiger partial charge in [0.25, 0.3) is 0 Å². The van der Waals surface area contributed by atoms with Crippen molar-refractivity contribution in [1.82, 2.24) is 10.2 Å². The van der Waals surface area contributed by atoms with Crippen molar-refractivity contribution in [3.8, 4) is 11.5 Å². The molecule has 0 saturated carbocycles. The van der Waals surface area contributed by atoms with Crippen molar-refractivity contribution in [2.45, 2.75) is 45.7 Å². The van der Waals surface area contributed by atoms with Gasteiger partial charge in [-0.15, -0.1) is 0 Å². The Morgan fingerprint density at radius 3 is 2.61 bits per heavy atom. The van der Waals surface area contributed by atoms with E-state index in [2.05, 4.69) is 5.32 Å². The molecule has 31 heavy (non-hydrogen) atoms. The van der Waals surface area contributed by atoms with Crippen molar-refractivity contribution in [3.63, 3.8) is 0 Å². The standard InChI is InChI=1S/C24H29ClN2O4/c1-3-11-26-24(29)17(2)27(16-19-5-4-6-20(25)14-19)23(28)10-8-18-7-9-21-22(15-18)31-13-12-30-21/h4-7,9,14-15,17H,3,8,10-13,16H2,1-2H3,(H,26,29)/t17-/m0/s1. The maximum Gasteiger partial charge on any atom is 0.242 e. The number of nitrogens with zero attached hydrogens (tertiary/aromatic N) is 1. The van der Waals surface area contributed by atoms with E-state index in [4.69, 9.17) is 21.1 Å². The molecule has 2 aromatic carbocycles. The molecule has 0 aromatic heterocycles. The number of aryl methyl sites for hydroxylation is 1. The second kappa shape index (κ2) is 11.0. The Hall–Kier alpha value is -2.73. The van der Waals surface area contributed by atoms with Crippen LogP contribution in [0, 0.1) is 0 Å². The summed E-state index contributed by atoms with van der Waals surface area (Å²) in [5.41, 5.74) is 1.87. The van der Waals surface area contributed by atoms with E-state index >= 15 is 0 Å². The zero-order valence-electron chi connectivity index (χ0n) is 18.0. The number of carbonyl (C=O) groups is 2. The van der Waals surface area contributed by atoms with Gasteiger partial charge in [-0.2, -0.15) is 0 Å². The molecule has 0 spiro atoms.